The Kier molecular flexibility index (Phi) is 4.54. The Labute approximate surface area is 145 Å². The van der Waals surface area contributed by atoms with Gasteiger partial charge in [-0.25, -0.2) is 0 Å². The number of carbonyl (C=O) groups is 2. The second kappa shape index (κ2) is 6.66. The van der Waals surface area contributed by atoms with Gasteiger partial charge in [0.05, 0.1) is 6.54 Å². The number of hydrogen-bond donors (Lipinski definition) is 1. The summed E-state index contributed by atoms with van der Waals surface area (Å²) in [5.74, 6) is 1.90. The molecule has 134 valence electrons. The van der Waals surface area contributed by atoms with Crippen LogP contribution in [-0.4, -0.2) is 59.4 Å². The Morgan fingerprint density at radius 3 is 2.21 bits per heavy atom. The van der Waals surface area contributed by atoms with Crippen molar-refractivity contribution in [3.05, 3.63) is 0 Å². The van der Waals surface area contributed by atoms with E-state index in [0.717, 1.165) is 50.6 Å². The molecule has 4 fully saturated rings. The summed E-state index contributed by atoms with van der Waals surface area (Å²) in [6.45, 7) is 4.09. The van der Waals surface area contributed by atoms with Crippen molar-refractivity contribution in [3.63, 3.8) is 0 Å². The van der Waals surface area contributed by atoms with Crippen LogP contribution in [-0.2, 0) is 9.59 Å². The van der Waals surface area contributed by atoms with Crippen LogP contribution in [0.5, 0.6) is 0 Å². The number of likely N-dealkylation sites (tertiary alicyclic amines) is 2. The molecule has 1 N–H and O–H groups in total. The summed E-state index contributed by atoms with van der Waals surface area (Å²) in [5.41, 5.74) is 0. The van der Waals surface area contributed by atoms with Crippen molar-refractivity contribution in [2.45, 2.75) is 76.4 Å². The lowest BCUT2D eigenvalue weighted by atomic mass is 10.0. The average Bonchev–Trinajstić information content (AvgIpc) is 3.46. The average molecular weight is 333 g/mol. The van der Waals surface area contributed by atoms with Crippen LogP contribution in [0.4, 0.5) is 0 Å². The van der Waals surface area contributed by atoms with Crippen LogP contribution >= 0.6 is 0 Å². The van der Waals surface area contributed by atoms with Gasteiger partial charge in [0.2, 0.25) is 11.8 Å². The maximum Gasteiger partial charge on any atom is 0.234 e. The SMILES string of the molecule is CC(=O)N1CCC[C@H]1[C@H]1CCCN1CC(=O)NC(C1CC1)C1CC1. The van der Waals surface area contributed by atoms with Gasteiger partial charge in [0, 0.05) is 31.6 Å². The molecular formula is C19H31N3O2. The number of nitrogens with one attached hydrogen (secondary N) is 1. The fourth-order valence-electron chi connectivity index (χ4n) is 5.01. The maximum absolute atomic E-state index is 12.6. The summed E-state index contributed by atoms with van der Waals surface area (Å²) < 4.78 is 0. The summed E-state index contributed by atoms with van der Waals surface area (Å²) in [5, 5.41) is 3.35. The molecule has 0 unspecified atom stereocenters. The van der Waals surface area contributed by atoms with Gasteiger partial charge < -0.3 is 10.2 Å². The topological polar surface area (TPSA) is 52.7 Å². The first-order valence-electron chi connectivity index (χ1n) is 9.94. The number of nitrogens with zero attached hydrogens (tertiary/aromatic N) is 2. The highest BCUT2D eigenvalue weighted by molar-refractivity contribution is 5.78. The monoisotopic (exact) mass is 333 g/mol. The molecule has 0 aromatic rings. The lowest BCUT2D eigenvalue weighted by Gasteiger charge is -2.34. The van der Waals surface area contributed by atoms with Gasteiger partial charge in [0.1, 0.15) is 0 Å². The highest BCUT2D eigenvalue weighted by Gasteiger charge is 2.43. The van der Waals surface area contributed by atoms with Crippen LogP contribution in [0.3, 0.4) is 0 Å². The molecule has 2 atom stereocenters. The van der Waals surface area contributed by atoms with Crippen molar-refractivity contribution in [2.24, 2.45) is 11.8 Å². The quantitative estimate of drug-likeness (QED) is 0.806. The van der Waals surface area contributed by atoms with Gasteiger partial charge in [0.25, 0.3) is 0 Å². The first kappa shape index (κ1) is 16.4. The molecule has 4 aliphatic rings. The molecule has 0 spiro atoms. The van der Waals surface area contributed by atoms with E-state index in [2.05, 4.69) is 10.2 Å². The molecule has 2 heterocycles. The fourth-order valence-corrected chi connectivity index (χ4v) is 5.01. The molecule has 0 bridgehead atoms. The van der Waals surface area contributed by atoms with Crippen LogP contribution < -0.4 is 5.32 Å². The van der Waals surface area contributed by atoms with Gasteiger partial charge in [-0.2, -0.15) is 0 Å². The molecule has 2 saturated carbocycles. The first-order valence-corrected chi connectivity index (χ1v) is 9.94. The molecule has 4 rings (SSSR count). The Bertz CT molecular complexity index is 489. The Morgan fingerprint density at radius 2 is 1.58 bits per heavy atom. The van der Waals surface area contributed by atoms with Crippen LogP contribution in [0.2, 0.25) is 0 Å². The largest absolute Gasteiger partial charge is 0.352 e. The number of carbonyl (C=O) groups excluding carboxylic acids is 2. The summed E-state index contributed by atoms with van der Waals surface area (Å²) in [4.78, 5) is 28.9. The van der Waals surface area contributed by atoms with Crippen LogP contribution in [0.25, 0.3) is 0 Å². The molecule has 2 aliphatic carbocycles. The molecule has 0 radical (unpaired) electrons. The van der Waals surface area contributed by atoms with Gasteiger partial charge >= 0.3 is 0 Å². The van der Waals surface area contributed by atoms with Gasteiger partial charge in [-0.3, -0.25) is 14.5 Å². The first-order chi connectivity index (χ1) is 11.6. The van der Waals surface area contributed by atoms with Crippen LogP contribution in [0.15, 0.2) is 0 Å². The van der Waals surface area contributed by atoms with Crippen LogP contribution in [0, 0.1) is 11.8 Å². The van der Waals surface area contributed by atoms with E-state index in [-0.39, 0.29) is 11.8 Å². The zero-order valence-corrected chi connectivity index (χ0v) is 14.9. The maximum atomic E-state index is 12.6. The zero-order chi connectivity index (χ0) is 16.7. The third kappa shape index (κ3) is 3.46. The van der Waals surface area contributed by atoms with Crippen molar-refractivity contribution < 1.29 is 9.59 Å². The third-order valence-electron chi connectivity index (χ3n) is 6.50. The predicted molar refractivity (Wildman–Crippen MR) is 92.4 cm³/mol. The molecular weight excluding hydrogens is 302 g/mol. The molecule has 0 aromatic heterocycles. The standard InChI is InChI=1S/C19H31N3O2/c1-13(23)22-11-3-5-17(22)16-4-2-10-21(16)12-18(24)20-19(14-6-7-14)15-8-9-15/h14-17,19H,2-12H2,1H3,(H,20,24)/t16-,17+/m1/s1. The minimum Gasteiger partial charge on any atom is -0.352 e. The summed E-state index contributed by atoms with van der Waals surface area (Å²) >= 11 is 0. The summed E-state index contributed by atoms with van der Waals surface area (Å²) in [7, 11) is 0. The molecule has 5 heteroatoms. The molecule has 2 aliphatic heterocycles. The van der Waals surface area contributed by atoms with E-state index in [4.69, 9.17) is 0 Å². The van der Waals surface area contributed by atoms with E-state index in [0.29, 0.717) is 24.7 Å². The van der Waals surface area contributed by atoms with Crippen LogP contribution in [0.1, 0.15) is 58.3 Å². The zero-order valence-electron chi connectivity index (χ0n) is 14.9. The van der Waals surface area contributed by atoms with Crippen molar-refractivity contribution in [1.29, 1.82) is 0 Å². The summed E-state index contributed by atoms with van der Waals surface area (Å²) in [6, 6.07) is 1.14. The van der Waals surface area contributed by atoms with E-state index in [9.17, 15) is 9.59 Å². The molecule has 5 nitrogen and oxygen atoms in total. The second-order valence-corrected chi connectivity index (χ2v) is 8.37. The van der Waals surface area contributed by atoms with Gasteiger partial charge in [-0.15, -0.1) is 0 Å². The summed E-state index contributed by atoms with van der Waals surface area (Å²) in [6.07, 6.45) is 9.65. The van der Waals surface area contributed by atoms with Crippen molar-refractivity contribution in [1.82, 2.24) is 15.1 Å². The van der Waals surface area contributed by atoms with E-state index in [1.165, 1.54) is 25.7 Å². The minimum absolute atomic E-state index is 0.191. The minimum atomic E-state index is 0.191. The Morgan fingerprint density at radius 1 is 0.958 bits per heavy atom. The van der Waals surface area contributed by atoms with Crippen molar-refractivity contribution in [3.8, 4) is 0 Å². The molecule has 0 aromatic carbocycles. The molecule has 2 amide bonds. The highest BCUT2D eigenvalue weighted by Crippen LogP contribution is 2.44. The second-order valence-electron chi connectivity index (χ2n) is 8.37. The smallest absolute Gasteiger partial charge is 0.234 e. The lowest BCUT2D eigenvalue weighted by molar-refractivity contribution is -0.130. The van der Waals surface area contributed by atoms with Crippen molar-refractivity contribution in [2.75, 3.05) is 19.6 Å². The third-order valence-corrected chi connectivity index (χ3v) is 6.50. The number of rotatable bonds is 6. The van der Waals surface area contributed by atoms with Crippen molar-refractivity contribution >= 4 is 11.8 Å². The Hall–Kier alpha value is -1.10. The molecule has 24 heavy (non-hydrogen) atoms. The van der Waals surface area contributed by atoms with E-state index in [1.54, 1.807) is 6.92 Å². The number of amides is 2. The number of hydrogen-bond acceptors (Lipinski definition) is 3. The molecule has 2 saturated heterocycles. The van der Waals surface area contributed by atoms with E-state index in [1.807, 2.05) is 4.90 Å². The van der Waals surface area contributed by atoms with E-state index >= 15 is 0 Å². The normalized spacial score (nSPS) is 31.0. The van der Waals surface area contributed by atoms with Gasteiger partial charge in [-0.1, -0.05) is 0 Å². The highest BCUT2D eigenvalue weighted by atomic mass is 16.2. The predicted octanol–water partition coefficient (Wildman–Crippen LogP) is 1.77. The Balaban J connectivity index is 1.34. The fraction of sp³-hybridized carbons (Fsp3) is 0.895. The lowest BCUT2D eigenvalue weighted by Crippen LogP contribution is -2.51. The van der Waals surface area contributed by atoms with Gasteiger partial charge in [-0.05, 0) is 69.7 Å². The van der Waals surface area contributed by atoms with Gasteiger partial charge in [0.15, 0.2) is 0 Å². The van der Waals surface area contributed by atoms with E-state index < -0.39 is 0 Å².